The minimum absolute atomic E-state index is 0.00779. The molecule has 2 amide bonds. The first kappa shape index (κ1) is 19.1. The van der Waals surface area contributed by atoms with Crippen LogP contribution in [0.2, 0.25) is 0 Å². The molecular weight excluding hydrogens is 310 g/mol. The quantitative estimate of drug-likeness (QED) is 0.782. The Kier molecular flexibility index (Phi) is 6.68. The van der Waals surface area contributed by atoms with Gasteiger partial charge in [-0.05, 0) is 44.9 Å². The highest BCUT2D eigenvalue weighted by Crippen LogP contribution is 2.12. The van der Waals surface area contributed by atoms with E-state index < -0.39 is 0 Å². The Morgan fingerprint density at radius 2 is 1.84 bits per heavy atom. The zero-order valence-corrected chi connectivity index (χ0v) is 16.0. The number of benzene rings is 1. The summed E-state index contributed by atoms with van der Waals surface area (Å²) in [5.41, 5.74) is 2.19. The molecule has 0 aliphatic rings. The molecule has 25 heavy (non-hydrogen) atoms. The van der Waals surface area contributed by atoms with Gasteiger partial charge >= 0.3 is 6.03 Å². The van der Waals surface area contributed by atoms with E-state index in [4.69, 9.17) is 0 Å². The first-order valence-electron chi connectivity index (χ1n) is 9.14. The van der Waals surface area contributed by atoms with Gasteiger partial charge in [0, 0.05) is 30.5 Å². The van der Waals surface area contributed by atoms with Gasteiger partial charge in [-0.15, -0.1) is 0 Å². The van der Waals surface area contributed by atoms with Crippen LogP contribution in [0.3, 0.4) is 0 Å². The molecule has 4 nitrogen and oxygen atoms in total. The van der Waals surface area contributed by atoms with Crippen molar-refractivity contribution in [2.75, 3.05) is 6.54 Å². The van der Waals surface area contributed by atoms with Crippen LogP contribution in [0.4, 0.5) is 4.79 Å². The van der Waals surface area contributed by atoms with Crippen LogP contribution in [-0.2, 0) is 13.1 Å². The van der Waals surface area contributed by atoms with E-state index in [-0.39, 0.29) is 11.6 Å². The molecule has 0 aliphatic carbocycles. The monoisotopic (exact) mass is 341 g/mol. The smallest absolute Gasteiger partial charge is 0.318 e. The number of nitrogens with zero attached hydrogens (tertiary/aromatic N) is 2. The van der Waals surface area contributed by atoms with E-state index in [9.17, 15) is 4.79 Å². The highest BCUT2D eigenvalue weighted by atomic mass is 16.2. The van der Waals surface area contributed by atoms with Gasteiger partial charge in [0.05, 0.1) is 6.54 Å². The summed E-state index contributed by atoms with van der Waals surface area (Å²) in [6.07, 6.45) is 4.17. The molecule has 0 fully saturated rings. The highest BCUT2D eigenvalue weighted by molar-refractivity contribution is 5.74. The standard InChI is InChI=1S/C21H31N3O/c1-5-6-14-24(20(25)22-21(2,3)4)17-19-13-10-15-23(19)16-18-11-8-7-9-12-18/h7-13,15H,5-6,14,16-17H2,1-4H3,(H,22,25). The molecule has 4 heteroatoms. The van der Waals surface area contributed by atoms with Crippen molar-refractivity contribution in [3.05, 3.63) is 59.9 Å². The first-order valence-corrected chi connectivity index (χ1v) is 9.14. The van der Waals surface area contributed by atoms with Crippen LogP contribution in [0.1, 0.15) is 51.8 Å². The molecule has 2 aromatic rings. The molecule has 0 saturated heterocycles. The van der Waals surface area contributed by atoms with Crippen molar-refractivity contribution in [2.24, 2.45) is 0 Å². The van der Waals surface area contributed by atoms with Crippen molar-refractivity contribution in [3.63, 3.8) is 0 Å². The molecule has 1 N–H and O–H groups in total. The van der Waals surface area contributed by atoms with E-state index in [1.54, 1.807) is 0 Å². The Balaban J connectivity index is 2.10. The number of unbranched alkanes of at least 4 members (excludes halogenated alkanes) is 1. The minimum Gasteiger partial charge on any atom is -0.345 e. The van der Waals surface area contributed by atoms with Gasteiger partial charge in [-0.25, -0.2) is 4.79 Å². The number of hydrogen-bond acceptors (Lipinski definition) is 1. The van der Waals surface area contributed by atoms with E-state index in [2.05, 4.69) is 59.4 Å². The van der Waals surface area contributed by atoms with Gasteiger partial charge in [0.1, 0.15) is 0 Å². The minimum atomic E-state index is -0.229. The number of aromatic nitrogens is 1. The molecule has 0 unspecified atom stereocenters. The largest absolute Gasteiger partial charge is 0.345 e. The average Bonchev–Trinajstić information content (AvgIpc) is 2.97. The van der Waals surface area contributed by atoms with Crippen LogP contribution < -0.4 is 5.32 Å². The Morgan fingerprint density at radius 1 is 1.12 bits per heavy atom. The van der Waals surface area contributed by atoms with Crippen molar-refractivity contribution < 1.29 is 4.79 Å². The van der Waals surface area contributed by atoms with Crippen LogP contribution in [-0.4, -0.2) is 27.6 Å². The van der Waals surface area contributed by atoms with Gasteiger partial charge in [0.2, 0.25) is 0 Å². The maximum absolute atomic E-state index is 12.7. The van der Waals surface area contributed by atoms with E-state index in [0.717, 1.165) is 31.6 Å². The lowest BCUT2D eigenvalue weighted by atomic mass is 10.1. The fourth-order valence-electron chi connectivity index (χ4n) is 2.72. The lowest BCUT2D eigenvalue weighted by Gasteiger charge is -2.29. The van der Waals surface area contributed by atoms with Gasteiger partial charge in [0.15, 0.2) is 0 Å². The first-order chi connectivity index (χ1) is 11.9. The summed E-state index contributed by atoms with van der Waals surface area (Å²) in [5, 5.41) is 3.09. The van der Waals surface area contributed by atoms with Crippen LogP contribution in [0.5, 0.6) is 0 Å². The predicted molar refractivity (Wildman–Crippen MR) is 104 cm³/mol. The number of rotatable bonds is 7. The Hall–Kier alpha value is -2.23. The molecule has 1 aromatic heterocycles. The number of amides is 2. The lowest BCUT2D eigenvalue weighted by Crippen LogP contribution is -2.48. The average molecular weight is 341 g/mol. The third-order valence-corrected chi connectivity index (χ3v) is 4.02. The van der Waals surface area contributed by atoms with E-state index >= 15 is 0 Å². The second kappa shape index (κ2) is 8.75. The zero-order valence-electron chi connectivity index (χ0n) is 16.0. The number of carbonyl (C=O) groups is 1. The van der Waals surface area contributed by atoms with Gasteiger partial charge in [-0.2, -0.15) is 0 Å². The molecule has 1 heterocycles. The van der Waals surface area contributed by atoms with E-state index in [1.807, 2.05) is 31.7 Å². The summed E-state index contributed by atoms with van der Waals surface area (Å²) in [5.74, 6) is 0. The highest BCUT2D eigenvalue weighted by Gasteiger charge is 2.20. The normalized spacial score (nSPS) is 11.4. The van der Waals surface area contributed by atoms with Crippen LogP contribution >= 0.6 is 0 Å². The predicted octanol–water partition coefficient (Wildman–Crippen LogP) is 4.65. The summed E-state index contributed by atoms with van der Waals surface area (Å²) >= 11 is 0. The summed E-state index contributed by atoms with van der Waals surface area (Å²) in [6, 6.07) is 14.6. The molecule has 0 atom stereocenters. The molecule has 136 valence electrons. The molecule has 0 aliphatic heterocycles. The number of hydrogen-bond donors (Lipinski definition) is 1. The van der Waals surface area contributed by atoms with Gasteiger partial charge in [-0.3, -0.25) is 0 Å². The third-order valence-electron chi connectivity index (χ3n) is 4.02. The third kappa shape index (κ3) is 6.29. The van der Waals surface area contributed by atoms with Crippen LogP contribution in [0.25, 0.3) is 0 Å². The molecule has 1 aromatic carbocycles. The van der Waals surface area contributed by atoms with Crippen molar-refractivity contribution in [3.8, 4) is 0 Å². The molecule has 0 saturated carbocycles. The van der Waals surface area contributed by atoms with Gasteiger partial charge in [0.25, 0.3) is 0 Å². The second-order valence-electron chi connectivity index (χ2n) is 7.57. The number of nitrogens with one attached hydrogen (secondary N) is 1. The Labute approximate surface area is 151 Å². The van der Waals surface area contributed by atoms with Gasteiger partial charge < -0.3 is 14.8 Å². The van der Waals surface area contributed by atoms with Crippen molar-refractivity contribution in [1.29, 1.82) is 0 Å². The molecular formula is C21H31N3O. The van der Waals surface area contributed by atoms with Crippen LogP contribution in [0, 0.1) is 0 Å². The molecule has 2 rings (SSSR count). The lowest BCUT2D eigenvalue weighted by molar-refractivity contribution is 0.183. The topological polar surface area (TPSA) is 37.3 Å². The maximum Gasteiger partial charge on any atom is 0.318 e. The van der Waals surface area contributed by atoms with Crippen LogP contribution in [0.15, 0.2) is 48.7 Å². The molecule has 0 bridgehead atoms. The summed E-state index contributed by atoms with van der Waals surface area (Å²) in [7, 11) is 0. The fourth-order valence-corrected chi connectivity index (χ4v) is 2.72. The Bertz CT molecular complexity index is 655. The summed E-state index contributed by atoms with van der Waals surface area (Å²) in [4.78, 5) is 14.6. The summed E-state index contributed by atoms with van der Waals surface area (Å²) < 4.78 is 2.22. The maximum atomic E-state index is 12.7. The SMILES string of the molecule is CCCCN(Cc1cccn1Cc1ccccc1)C(=O)NC(C)(C)C. The zero-order chi connectivity index (χ0) is 18.3. The number of carbonyl (C=O) groups excluding carboxylic acids is 1. The molecule has 0 spiro atoms. The van der Waals surface area contributed by atoms with Crippen molar-refractivity contribution in [1.82, 2.24) is 14.8 Å². The van der Waals surface area contributed by atoms with Gasteiger partial charge in [-0.1, -0.05) is 43.7 Å². The fraction of sp³-hybridized carbons (Fsp3) is 0.476. The second-order valence-corrected chi connectivity index (χ2v) is 7.57. The van der Waals surface area contributed by atoms with Crippen molar-refractivity contribution >= 4 is 6.03 Å². The number of urea groups is 1. The van der Waals surface area contributed by atoms with Crippen molar-refractivity contribution in [2.45, 2.75) is 59.2 Å². The van der Waals surface area contributed by atoms with E-state index in [0.29, 0.717) is 6.54 Å². The Morgan fingerprint density at radius 3 is 2.48 bits per heavy atom. The molecule has 0 radical (unpaired) electrons. The van der Waals surface area contributed by atoms with E-state index in [1.165, 1.54) is 5.56 Å². The summed E-state index contributed by atoms with van der Waals surface area (Å²) in [6.45, 7) is 10.4.